The van der Waals surface area contributed by atoms with E-state index < -0.39 is 0 Å². The van der Waals surface area contributed by atoms with Crippen LogP contribution >= 0.6 is 0 Å². The quantitative estimate of drug-likeness (QED) is 0.783. The number of methoxy groups -OCH3 is 1. The number of anilines is 1. The van der Waals surface area contributed by atoms with Crippen LogP contribution in [-0.2, 0) is 11.8 Å². The molecule has 2 rings (SSSR count). The number of hydrogen-bond acceptors (Lipinski definition) is 4. The molecule has 0 aliphatic rings. The minimum atomic E-state index is -0.268. The highest BCUT2D eigenvalue weighted by molar-refractivity contribution is 5.91. The Morgan fingerprint density at radius 1 is 1.50 bits per heavy atom. The van der Waals surface area contributed by atoms with Crippen LogP contribution in [0.4, 0.5) is 10.5 Å². The summed E-state index contributed by atoms with van der Waals surface area (Å²) >= 11 is 0. The lowest BCUT2D eigenvalue weighted by Crippen LogP contribution is -2.31. The van der Waals surface area contributed by atoms with Gasteiger partial charge in [-0.15, -0.1) is 5.10 Å². The third-order valence-electron chi connectivity index (χ3n) is 2.46. The van der Waals surface area contributed by atoms with E-state index in [2.05, 4.69) is 20.9 Å². The molecule has 0 atom stereocenters. The van der Waals surface area contributed by atoms with Crippen LogP contribution in [0.1, 0.15) is 0 Å². The molecule has 0 saturated carbocycles. The molecule has 0 spiro atoms. The maximum absolute atomic E-state index is 11.5. The lowest BCUT2D eigenvalue weighted by atomic mass is 10.3. The molecule has 1 heterocycles. The number of nitrogens with zero attached hydrogens (tertiary/aromatic N) is 3. The zero-order valence-corrected chi connectivity index (χ0v) is 10.3. The van der Waals surface area contributed by atoms with Gasteiger partial charge in [-0.05, 0) is 18.2 Å². The number of carbonyl (C=O) groups excluding carboxylic acids is 1. The summed E-state index contributed by atoms with van der Waals surface area (Å²) in [5, 5.41) is 13.3. The molecule has 7 nitrogen and oxygen atoms in total. The van der Waals surface area contributed by atoms with E-state index >= 15 is 0 Å². The second-order valence-electron chi connectivity index (χ2n) is 3.79. The van der Waals surface area contributed by atoms with E-state index in [0.717, 1.165) is 11.0 Å². The summed E-state index contributed by atoms with van der Waals surface area (Å²) in [6.07, 6.45) is 0. The summed E-state index contributed by atoms with van der Waals surface area (Å²) in [4.78, 5) is 11.5. The van der Waals surface area contributed by atoms with Crippen LogP contribution in [0.2, 0.25) is 0 Å². The first-order valence-corrected chi connectivity index (χ1v) is 5.54. The number of benzene rings is 1. The SMILES string of the molecule is COCCNC(=O)Nc1ccc2c(c1)nnn2C. The summed E-state index contributed by atoms with van der Waals surface area (Å²) in [5.74, 6) is 0. The lowest BCUT2D eigenvalue weighted by Gasteiger charge is -2.06. The van der Waals surface area contributed by atoms with Crippen molar-refractivity contribution in [1.29, 1.82) is 0 Å². The third-order valence-corrected chi connectivity index (χ3v) is 2.46. The molecular weight excluding hydrogens is 234 g/mol. The maximum Gasteiger partial charge on any atom is 0.319 e. The summed E-state index contributed by atoms with van der Waals surface area (Å²) in [5.41, 5.74) is 2.34. The standard InChI is InChI=1S/C11H15N5O2/c1-16-10-4-3-8(7-9(10)14-15-16)13-11(17)12-5-6-18-2/h3-4,7H,5-6H2,1-2H3,(H2,12,13,17). The number of ether oxygens (including phenoxy) is 1. The Labute approximate surface area is 104 Å². The Kier molecular flexibility index (Phi) is 3.73. The number of aryl methyl sites for hydroxylation is 1. The average Bonchev–Trinajstić information content (AvgIpc) is 2.71. The minimum Gasteiger partial charge on any atom is -0.383 e. The molecule has 1 aromatic heterocycles. The second kappa shape index (κ2) is 5.46. The number of carbonyl (C=O) groups is 1. The number of hydrogen-bond donors (Lipinski definition) is 2. The van der Waals surface area contributed by atoms with Gasteiger partial charge in [0.15, 0.2) is 0 Å². The van der Waals surface area contributed by atoms with E-state index in [0.29, 0.717) is 18.8 Å². The van der Waals surface area contributed by atoms with Crippen LogP contribution in [0.15, 0.2) is 18.2 Å². The predicted molar refractivity (Wildman–Crippen MR) is 67.4 cm³/mol. The number of fused-ring (bicyclic) bond motifs is 1. The van der Waals surface area contributed by atoms with Gasteiger partial charge in [-0.2, -0.15) is 0 Å². The smallest absolute Gasteiger partial charge is 0.319 e. The van der Waals surface area contributed by atoms with Crippen molar-refractivity contribution in [3.8, 4) is 0 Å². The molecule has 2 amide bonds. The predicted octanol–water partition coefficient (Wildman–Crippen LogP) is 0.736. The number of amides is 2. The van der Waals surface area contributed by atoms with Gasteiger partial charge in [0.1, 0.15) is 5.52 Å². The molecule has 0 fully saturated rings. The Bertz CT molecular complexity index is 551. The first-order valence-electron chi connectivity index (χ1n) is 5.54. The molecule has 2 aromatic rings. The zero-order valence-electron chi connectivity index (χ0n) is 10.3. The van der Waals surface area contributed by atoms with Crippen molar-refractivity contribution in [2.75, 3.05) is 25.6 Å². The summed E-state index contributed by atoms with van der Waals surface area (Å²) < 4.78 is 6.52. The summed E-state index contributed by atoms with van der Waals surface area (Å²) in [6, 6.07) is 5.18. The zero-order chi connectivity index (χ0) is 13.0. The minimum absolute atomic E-state index is 0.268. The van der Waals surface area contributed by atoms with E-state index in [9.17, 15) is 4.79 Å². The summed E-state index contributed by atoms with van der Waals surface area (Å²) in [6.45, 7) is 0.951. The van der Waals surface area contributed by atoms with Crippen LogP contribution in [0, 0.1) is 0 Å². The molecular formula is C11H15N5O2. The fraction of sp³-hybridized carbons (Fsp3) is 0.364. The summed E-state index contributed by atoms with van der Waals surface area (Å²) in [7, 11) is 3.40. The van der Waals surface area contributed by atoms with Crippen molar-refractivity contribution in [3.63, 3.8) is 0 Å². The number of aromatic nitrogens is 3. The van der Waals surface area contributed by atoms with Crippen molar-refractivity contribution in [3.05, 3.63) is 18.2 Å². The lowest BCUT2D eigenvalue weighted by molar-refractivity contribution is 0.198. The molecule has 96 valence electrons. The molecule has 0 aliphatic carbocycles. The third kappa shape index (κ3) is 2.75. The van der Waals surface area contributed by atoms with Crippen molar-refractivity contribution in [2.45, 2.75) is 0 Å². The largest absolute Gasteiger partial charge is 0.383 e. The normalized spacial score (nSPS) is 10.6. The Balaban J connectivity index is 2.01. The molecule has 0 bridgehead atoms. The van der Waals surface area contributed by atoms with Crippen molar-refractivity contribution < 1.29 is 9.53 Å². The second-order valence-corrected chi connectivity index (χ2v) is 3.79. The van der Waals surface area contributed by atoms with Gasteiger partial charge >= 0.3 is 6.03 Å². The number of nitrogens with one attached hydrogen (secondary N) is 2. The van der Waals surface area contributed by atoms with Crippen molar-refractivity contribution in [2.24, 2.45) is 7.05 Å². The Morgan fingerprint density at radius 3 is 3.11 bits per heavy atom. The van der Waals surface area contributed by atoms with Crippen molar-refractivity contribution in [1.82, 2.24) is 20.3 Å². The van der Waals surface area contributed by atoms with Crippen LogP contribution in [0.25, 0.3) is 11.0 Å². The van der Waals surface area contributed by atoms with Gasteiger partial charge in [-0.1, -0.05) is 5.21 Å². The van der Waals surface area contributed by atoms with Gasteiger partial charge in [-0.3, -0.25) is 0 Å². The van der Waals surface area contributed by atoms with Crippen LogP contribution in [0.5, 0.6) is 0 Å². The fourth-order valence-electron chi connectivity index (χ4n) is 1.56. The number of rotatable bonds is 4. The van der Waals surface area contributed by atoms with E-state index in [-0.39, 0.29) is 6.03 Å². The highest BCUT2D eigenvalue weighted by atomic mass is 16.5. The molecule has 0 aliphatic heterocycles. The Morgan fingerprint density at radius 2 is 2.33 bits per heavy atom. The molecule has 0 unspecified atom stereocenters. The first-order chi connectivity index (χ1) is 8.70. The molecule has 0 radical (unpaired) electrons. The van der Waals surface area contributed by atoms with E-state index in [4.69, 9.17) is 4.74 Å². The molecule has 1 aromatic carbocycles. The van der Waals surface area contributed by atoms with Crippen LogP contribution in [0.3, 0.4) is 0 Å². The van der Waals surface area contributed by atoms with Gasteiger partial charge in [0.25, 0.3) is 0 Å². The number of urea groups is 1. The molecule has 0 saturated heterocycles. The van der Waals surface area contributed by atoms with Gasteiger partial charge < -0.3 is 15.4 Å². The van der Waals surface area contributed by atoms with Crippen LogP contribution < -0.4 is 10.6 Å². The van der Waals surface area contributed by atoms with E-state index in [1.807, 2.05) is 19.2 Å². The molecule has 18 heavy (non-hydrogen) atoms. The van der Waals surface area contributed by atoms with Gasteiger partial charge in [0, 0.05) is 26.4 Å². The highest BCUT2D eigenvalue weighted by Gasteiger charge is 2.05. The van der Waals surface area contributed by atoms with Gasteiger partial charge in [0.05, 0.1) is 12.1 Å². The topological polar surface area (TPSA) is 81.1 Å². The fourth-order valence-corrected chi connectivity index (χ4v) is 1.56. The molecule has 2 N–H and O–H groups in total. The first kappa shape index (κ1) is 12.3. The van der Waals surface area contributed by atoms with E-state index in [1.165, 1.54) is 0 Å². The van der Waals surface area contributed by atoms with Crippen molar-refractivity contribution >= 4 is 22.8 Å². The van der Waals surface area contributed by atoms with E-state index in [1.54, 1.807) is 17.9 Å². The average molecular weight is 249 g/mol. The van der Waals surface area contributed by atoms with Crippen LogP contribution in [-0.4, -0.2) is 41.3 Å². The maximum atomic E-state index is 11.5. The Hall–Kier alpha value is -2.15. The van der Waals surface area contributed by atoms with Gasteiger partial charge in [-0.25, -0.2) is 9.48 Å². The molecule has 7 heteroatoms. The monoisotopic (exact) mass is 249 g/mol. The van der Waals surface area contributed by atoms with Gasteiger partial charge in [0.2, 0.25) is 0 Å². The highest BCUT2D eigenvalue weighted by Crippen LogP contribution is 2.15.